The van der Waals surface area contributed by atoms with Gasteiger partial charge >= 0.3 is 0 Å². The summed E-state index contributed by atoms with van der Waals surface area (Å²) in [5.41, 5.74) is 6.34. The fourth-order valence-corrected chi connectivity index (χ4v) is 2.82. The molecule has 0 saturated carbocycles. The van der Waals surface area contributed by atoms with Gasteiger partial charge in [0.15, 0.2) is 0 Å². The molecule has 0 radical (unpaired) electrons. The zero-order valence-electron chi connectivity index (χ0n) is 10.4. The highest BCUT2D eigenvalue weighted by Crippen LogP contribution is 2.46. The molecule has 0 spiro atoms. The Balaban J connectivity index is 3.03. The van der Waals surface area contributed by atoms with Crippen molar-refractivity contribution in [3.05, 3.63) is 0 Å². The number of hydrogen-bond donors (Lipinski definition) is 1. The van der Waals surface area contributed by atoms with Crippen molar-refractivity contribution < 1.29 is 4.74 Å². The molecule has 1 fully saturated rings. The summed E-state index contributed by atoms with van der Waals surface area (Å²) in [5, 5.41) is 0. The van der Waals surface area contributed by atoms with Crippen LogP contribution < -0.4 is 5.73 Å². The van der Waals surface area contributed by atoms with Crippen molar-refractivity contribution in [2.75, 3.05) is 6.61 Å². The van der Waals surface area contributed by atoms with Gasteiger partial charge in [-0.25, -0.2) is 0 Å². The minimum absolute atomic E-state index is 0.106. The summed E-state index contributed by atoms with van der Waals surface area (Å²) in [5.74, 6) is 0.943. The summed E-state index contributed by atoms with van der Waals surface area (Å²) in [6.45, 7) is 14.0. The van der Waals surface area contributed by atoms with E-state index in [-0.39, 0.29) is 17.1 Å². The Morgan fingerprint density at radius 2 is 1.57 bits per heavy atom. The van der Waals surface area contributed by atoms with E-state index in [1.54, 1.807) is 0 Å². The maximum atomic E-state index is 6.37. The molecule has 0 aromatic carbocycles. The van der Waals surface area contributed by atoms with Crippen molar-refractivity contribution >= 4 is 0 Å². The predicted octanol–water partition coefficient (Wildman–Crippen LogP) is 2.42. The smallest absolute Gasteiger partial charge is 0.0884 e. The predicted molar refractivity (Wildman–Crippen MR) is 60.1 cm³/mol. The molecule has 1 rings (SSSR count). The Labute approximate surface area is 88.2 Å². The molecular weight excluding hydrogens is 174 g/mol. The monoisotopic (exact) mass is 199 g/mol. The van der Waals surface area contributed by atoms with Crippen molar-refractivity contribution in [3.8, 4) is 0 Å². The molecule has 2 heteroatoms. The Kier molecular flexibility index (Phi) is 2.99. The summed E-state index contributed by atoms with van der Waals surface area (Å²) in [4.78, 5) is 0. The molecule has 0 amide bonds. The van der Waals surface area contributed by atoms with Gasteiger partial charge in [0.2, 0.25) is 0 Å². The molecule has 1 aliphatic rings. The van der Waals surface area contributed by atoms with Gasteiger partial charge in [0, 0.05) is 11.5 Å². The first-order valence-corrected chi connectivity index (χ1v) is 5.64. The van der Waals surface area contributed by atoms with E-state index in [0.29, 0.717) is 11.8 Å². The first kappa shape index (κ1) is 12.0. The van der Waals surface area contributed by atoms with Crippen LogP contribution in [0.25, 0.3) is 0 Å². The van der Waals surface area contributed by atoms with Crippen LogP contribution in [-0.4, -0.2) is 18.2 Å². The Morgan fingerprint density at radius 1 is 1.14 bits per heavy atom. The van der Waals surface area contributed by atoms with E-state index in [4.69, 9.17) is 10.5 Å². The molecule has 1 aliphatic heterocycles. The van der Waals surface area contributed by atoms with Crippen LogP contribution in [0.4, 0.5) is 0 Å². The van der Waals surface area contributed by atoms with E-state index in [1.165, 1.54) is 0 Å². The van der Waals surface area contributed by atoms with E-state index >= 15 is 0 Å². The highest BCUT2D eigenvalue weighted by Gasteiger charge is 2.55. The third-order valence-electron chi connectivity index (χ3n) is 3.83. The summed E-state index contributed by atoms with van der Waals surface area (Å²) in [6.07, 6.45) is 0. The third-order valence-corrected chi connectivity index (χ3v) is 3.83. The summed E-state index contributed by atoms with van der Waals surface area (Å²) < 4.78 is 6.07. The van der Waals surface area contributed by atoms with Crippen LogP contribution in [-0.2, 0) is 4.74 Å². The van der Waals surface area contributed by atoms with Crippen LogP contribution in [0.2, 0.25) is 0 Å². The molecule has 1 saturated heterocycles. The van der Waals surface area contributed by atoms with Crippen LogP contribution in [0.15, 0.2) is 0 Å². The highest BCUT2D eigenvalue weighted by molar-refractivity contribution is 5.07. The molecule has 14 heavy (non-hydrogen) atoms. The van der Waals surface area contributed by atoms with Gasteiger partial charge in [-0.15, -0.1) is 0 Å². The molecular formula is C12H25NO. The van der Waals surface area contributed by atoms with E-state index in [2.05, 4.69) is 41.5 Å². The van der Waals surface area contributed by atoms with Crippen LogP contribution in [0.1, 0.15) is 41.5 Å². The maximum absolute atomic E-state index is 6.37. The van der Waals surface area contributed by atoms with E-state index in [0.717, 1.165) is 6.61 Å². The SMILES string of the molecule is CC(C)C1(C(C)C)OCC(C)(C)[C@H]1N. The lowest BCUT2D eigenvalue weighted by Crippen LogP contribution is -2.56. The summed E-state index contributed by atoms with van der Waals surface area (Å²) >= 11 is 0. The minimum atomic E-state index is -0.135. The van der Waals surface area contributed by atoms with Crippen LogP contribution in [0, 0.1) is 17.3 Å². The lowest BCUT2D eigenvalue weighted by molar-refractivity contribution is -0.0764. The molecule has 0 aliphatic carbocycles. The van der Waals surface area contributed by atoms with Gasteiger partial charge < -0.3 is 10.5 Å². The standard InChI is InChI=1S/C12H25NO/c1-8(2)12(9(3)4)10(13)11(5,6)7-14-12/h8-10H,7,13H2,1-6H3/t10-/m1/s1. The Hall–Kier alpha value is -0.0800. The fourth-order valence-electron chi connectivity index (χ4n) is 2.82. The van der Waals surface area contributed by atoms with Crippen molar-refractivity contribution in [3.63, 3.8) is 0 Å². The molecule has 0 aromatic rings. The number of ether oxygens (including phenoxy) is 1. The first-order chi connectivity index (χ1) is 6.25. The van der Waals surface area contributed by atoms with E-state index < -0.39 is 0 Å². The normalized spacial score (nSPS) is 30.2. The first-order valence-electron chi connectivity index (χ1n) is 5.64. The van der Waals surface area contributed by atoms with E-state index in [9.17, 15) is 0 Å². The van der Waals surface area contributed by atoms with Crippen LogP contribution >= 0.6 is 0 Å². The average Bonchev–Trinajstić information content (AvgIpc) is 2.25. The lowest BCUT2D eigenvalue weighted by Gasteiger charge is -2.42. The third kappa shape index (κ3) is 1.49. The Bertz CT molecular complexity index is 200. The molecule has 1 atom stereocenters. The maximum Gasteiger partial charge on any atom is 0.0884 e. The molecule has 2 N–H and O–H groups in total. The molecule has 1 heterocycles. The summed E-state index contributed by atoms with van der Waals surface area (Å²) in [7, 11) is 0. The second kappa shape index (κ2) is 3.49. The van der Waals surface area contributed by atoms with E-state index in [1.807, 2.05) is 0 Å². The van der Waals surface area contributed by atoms with Gasteiger partial charge in [-0.3, -0.25) is 0 Å². The quantitative estimate of drug-likeness (QED) is 0.741. The number of hydrogen-bond acceptors (Lipinski definition) is 2. The van der Waals surface area contributed by atoms with Gasteiger partial charge in [0.25, 0.3) is 0 Å². The van der Waals surface area contributed by atoms with Crippen molar-refractivity contribution in [2.45, 2.75) is 53.2 Å². The zero-order chi connectivity index (χ0) is 11.1. The van der Waals surface area contributed by atoms with Crippen molar-refractivity contribution in [1.29, 1.82) is 0 Å². The number of rotatable bonds is 2. The Morgan fingerprint density at radius 3 is 1.71 bits per heavy atom. The van der Waals surface area contributed by atoms with Gasteiger partial charge in [-0.05, 0) is 11.8 Å². The average molecular weight is 199 g/mol. The van der Waals surface area contributed by atoms with Crippen molar-refractivity contribution in [1.82, 2.24) is 0 Å². The minimum Gasteiger partial charge on any atom is -0.372 e. The molecule has 84 valence electrons. The fraction of sp³-hybridized carbons (Fsp3) is 1.00. The lowest BCUT2D eigenvalue weighted by atomic mass is 9.69. The van der Waals surface area contributed by atoms with Gasteiger partial charge in [-0.2, -0.15) is 0 Å². The molecule has 2 nitrogen and oxygen atoms in total. The largest absolute Gasteiger partial charge is 0.372 e. The molecule has 0 unspecified atom stereocenters. The zero-order valence-corrected chi connectivity index (χ0v) is 10.4. The molecule has 0 aromatic heterocycles. The molecule has 0 bridgehead atoms. The van der Waals surface area contributed by atoms with Crippen molar-refractivity contribution in [2.24, 2.45) is 23.0 Å². The van der Waals surface area contributed by atoms with Gasteiger partial charge in [-0.1, -0.05) is 41.5 Å². The highest BCUT2D eigenvalue weighted by atomic mass is 16.5. The van der Waals surface area contributed by atoms with Crippen LogP contribution in [0.3, 0.4) is 0 Å². The second-order valence-electron chi connectivity index (χ2n) is 5.92. The summed E-state index contributed by atoms with van der Waals surface area (Å²) in [6, 6.07) is 0.134. The van der Waals surface area contributed by atoms with Gasteiger partial charge in [0.05, 0.1) is 12.2 Å². The number of nitrogens with two attached hydrogens (primary N) is 1. The topological polar surface area (TPSA) is 35.2 Å². The van der Waals surface area contributed by atoms with Crippen LogP contribution in [0.5, 0.6) is 0 Å². The van der Waals surface area contributed by atoms with Gasteiger partial charge in [0.1, 0.15) is 0 Å². The second-order valence-corrected chi connectivity index (χ2v) is 5.92.